The molecule has 0 aliphatic carbocycles. The van der Waals surface area contributed by atoms with E-state index in [9.17, 15) is 27.6 Å². The maximum Gasteiger partial charge on any atom is 0.416 e. The zero-order valence-electron chi connectivity index (χ0n) is 13.2. The summed E-state index contributed by atoms with van der Waals surface area (Å²) >= 11 is 0. The standard InChI is InChI=1S/C16H16F3N3O3/c17-16(18,19)11-3-1-10(2-4-11)7-13(23)21-6-5-12(9-21)22-14(24)8-20-15(22)25/h1-4,12H,5-9H2,(H,20,25). The number of rotatable bonds is 3. The van der Waals surface area contributed by atoms with Crippen LogP contribution in [-0.2, 0) is 22.2 Å². The Morgan fingerprint density at radius 1 is 1.20 bits per heavy atom. The first-order valence-corrected chi connectivity index (χ1v) is 7.79. The van der Waals surface area contributed by atoms with Crippen molar-refractivity contribution in [2.45, 2.75) is 25.1 Å². The summed E-state index contributed by atoms with van der Waals surface area (Å²) in [6, 6.07) is 3.65. The van der Waals surface area contributed by atoms with Gasteiger partial charge in [0.25, 0.3) is 0 Å². The van der Waals surface area contributed by atoms with Crippen molar-refractivity contribution in [1.29, 1.82) is 0 Å². The lowest BCUT2D eigenvalue weighted by Gasteiger charge is -2.21. The summed E-state index contributed by atoms with van der Waals surface area (Å²) in [5.74, 6) is -0.554. The molecule has 0 aromatic heterocycles. The monoisotopic (exact) mass is 355 g/mol. The summed E-state index contributed by atoms with van der Waals surface area (Å²) in [4.78, 5) is 38.3. The number of nitrogens with one attached hydrogen (secondary N) is 1. The third-order valence-electron chi connectivity index (χ3n) is 4.40. The molecule has 0 bridgehead atoms. The van der Waals surface area contributed by atoms with Crippen LogP contribution in [0.25, 0.3) is 0 Å². The predicted octanol–water partition coefficient (Wildman–Crippen LogP) is 1.40. The Labute approximate surface area is 141 Å². The van der Waals surface area contributed by atoms with Gasteiger partial charge in [-0.05, 0) is 24.1 Å². The Hall–Kier alpha value is -2.58. The molecule has 9 heteroatoms. The van der Waals surface area contributed by atoms with Crippen molar-refractivity contribution in [3.05, 3.63) is 35.4 Å². The quantitative estimate of drug-likeness (QED) is 0.834. The number of nitrogens with zero attached hydrogens (tertiary/aromatic N) is 2. The van der Waals surface area contributed by atoms with Crippen LogP contribution in [0.5, 0.6) is 0 Å². The van der Waals surface area contributed by atoms with E-state index in [1.807, 2.05) is 0 Å². The van der Waals surface area contributed by atoms with Gasteiger partial charge >= 0.3 is 12.2 Å². The molecule has 2 heterocycles. The summed E-state index contributed by atoms with van der Waals surface area (Å²) in [5.41, 5.74) is -0.278. The molecule has 1 N–H and O–H groups in total. The van der Waals surface area contributed by atoms with Gasteiger partial charge in [-0.3, -0.25) is 14.5 Å². The number of hydrogen-bond acceptors (Lipinski definition) is 3. The first kappa shape index (κ1) is 17.2. The molecule has 134 valence electrons. The molecule has 2 fully saturated rings. The number of halogens is 3. The first-order valence-electron chi connectivity index (χ1n) is 7.79. The molecule has 2 saturated heterocycles. The summed E-state index contributed by atoms with van der Waals surface area (Å²) in [5, 5.41) is 2.44. The highest BCUT2D eigenvalue weighted by atomic mass is 19.4. The van der Waals surface area contributed by atoms with Gasteiger partial charge in [-0.2, -0.15) is 13.2 Å². The smallest absolute Gasteiger partial charge is 0.340 e. The molecule has 25 heavy (non-hydrogen) atoms. The number of alkyl halides is 3. The van der Waals surface area contributed by atoms with Gasteiger partial charge in [0, 0.05) is 13.1 Å². The van der Waals surface area contributed by atoms with E-state index in [4.69, 9.17) is 0 Å². The molecule has 2 aliphatic heterocycles. The molecular formula is C16H16F3N3O3. The average molecular weight is 355 g/mol. The van der Waals surface area contributed by atoms with Crippen molar-refractivity contribution in [2.75, 3.05) is 19.6 Å². The zero-order chi connectivity index (χ0) is 18.2. The van der Waals surface area contributed by atoms with Gasteiger partial charge in [0.15, 0.2) is 0 Å². The summed E-state index contributed by atoms with van der Waals surface area (Å²) in [7, 11) is 0. The van der Waals surface area contributed by atoms with Crippen LogP contribution in [-0.4, -0.2) is 53.3 Å². The number of imide groups is 1. The zero-order valence-corrected chi connectivity index (χ0v) is 13.2. The normalized spacial score (nSPS) is 21.0. The number of amides is 4. The largest absolute Gasteiger partial charge is 0.416 e. The van der Waals surface area contributed by atoms with Crippen LogP contribution in [0.1, 0.15) is 17.5 Å². The minimum absolute atomic E-state index is 0.0228. The lowest BCUT2D eigenvalue weighted by Crippen LogP contribution is -2.43. The van der Waals surface area contributed by atoms with E-state index in [1.165, 1.54) is 17.0 Å². The average Bonchev–Trinajstić information content (AvgIpc) is 3.14. The fraction of sp³-hybridized carbons (Fsp3) is 0.438. The van der Waals surface area contributed by atoms with Crippen molar-refractivity contribution in [2.24, 2.45) is 0 Å². The highest BCUT2D eigenvalue weighted by Crippen LogP contribution is 2.29. The molecule has 4 amide bonds. The van der Waals surface area contributed by atoms with Gasteiger partial charge in [0.1, 0.15) is 0 Å². The van der Waals surface area contributed by atoms with E-state index in [2.05, 4.69) is 5.32 Å². The van der Waals surface area contributed by atoms with Crippen LogP contribution in [0.3, 0.4) is 0 Å². The predicted molar refractivity (Wildman–Crippen MR) is 80.4 cm³/mol. The van der Waals surface area contributed by atoms with Crippen LogP contribution in [0, 0.1) is 0 Å². The highest BCUT2D eigenvalue weighted by Gasteiger charge is 2.39. The number of hydrogen-bond donors (Lipinski definition) is 1. The number of carbonyl (C=O) groups excluding carboxylic acids is 3. The minimum atomic E-state index is -4.41. The fourth-order valence-electron chi connectivity index (χ4n) is 3.08. The topological polar surface area (TPSA) is 69.7 Å². The van der Waals surface area contributed by atoms with Gasteiger partial charge < -0.3 is 10.2 Å². The second kappa shape index (κ2) is 6.38. The van der Waals surface area contributed by atoms with Crippen molar-refractivity contribution in [3.63, 3.8) is 0 Å². The second-order valence-electron chi connectivity index (χ2n) is 6.08. The molecule has 1 unspecified atom stereocenters. The van der Waals surface area contributed by atoms with Crippen molar-refractivity contribution in [3.8, 4) is 0 Å². The first-order chi connectivity index (χ1) is 11.8. The Morgan fingerprint density at radius 3 is 2.44 bits per heavy atom. The van der Waals surface area contributed by atoms with Gasteiger partial charge in [-0.25, -0.2) is 4.79 Å². The highest BCUT2D eigenvalue weighted by molar-refractivity contribution is 6.02. The Kier molecular flexibility index (Phi) is 4.40. The van der Waals surface area contributed by atoms with E-state index >= 15 is 0 Å². The molecule has 1 atom stereocenters. The van der Waals surface area contributed by atoms with Crippen molar-refractivity contribution in [1.82, 2.24) is 15.1 Å². The van der Waals surface area contributed by atoms with Gasteiger partial charge in [0.2, 0.25) is 11.8 Å². The molecule has 1 aromatic carbocycles. The van der Waals surface area contributed by atoms with Crippen LogP contribution in [0.4, 0.5) is 18.0 Å². The summed E-state index contributed by atoms with van der Waals surface area (Å²) in [6.07, 6.45) is -3.93. The van der Waals surface area contributed by atoms with Crippen molar-refractivity contribution < 1.29 is 27.6 Å². The molecule has 0 spiro atoms. The Morgan fingerprint density at radius 2 is 1.88 bits per heavy atom. The summed E-state index contributed by atoms with van der Waals surface area (Å²) in [6.45, 7) is 0.620. The van der Waals surface area contributed by atoms with Gasteiger partial charge in [-0.15, -0.1) is 0 Å². The molecule has 6 nitrogen and oxygen atoms in total. The van der Waals surface area contributed by atoms with Gasteiger partial charge in [-0.1, -0.05) is 12.1 Å². The Balaban J connectivity index is 1.59. The maximum atomic E-state index is 12.5. The third kappa shape index (κ3) is 3.59. The number of benzene rings is 1. The summed E-state index contributed by atoms with van der Waals surface area (Å²) < 4.78 is 37.6. The van der Waals surface area contributed by atoms with Crippen molar-refractivity contribution >= 4 is 17.8 Å². The van der Waals surface area contributed by atoms with Crippen LogP contribution < -0.4 is 5.32 Å². The SMILES string of the molecule is O=C(Cc1ccc(C(F)(F)F)cc1)N1CCC(N2C(=O)CNC2=O)C1. The number of carbonyl (C=O) groups is 3. The maximum absolute atomic E-state index is 12.5. The van der Waals surface area contributed by atoms with Crippen LogP contribution in [0.2, 0.25) is 0 Å². The molecule has 2 aliphatic rings. The van der Waals surface area contributed by atoms with E-state index < -0.39 is 17.8 Å². The minimum Gasteiger partial charge on any atom is -0.340 e. The third-order valence-corrected chi connectivity index (χ3v) is 4.40. The van der Waals surface area contributed by atoms with E-state index in [1.54, 1.807) is 0 Å². The molecule has 3 rings (SSSR count). The molecule has 1 aromatic rings. The number of likely N-dealkylation sites (tertiary alicyclic amines) is 1. The molecule has 0 radical (unpaired) electrons. The van der Waals surface area contributed by atoms with Crippen LogP contribution in [0.15, 0.2) is 24.3 Å². The molecule has 0 saturated carbocycles. The lowest BCUT2D eigenvalue weighted by molar-refractivity contribution is -0.137. The number of urea groups is 1. The lowest BCUT2D eigenvalue weighted by atomic mass is 10.1. The van der Waals surface area contributed by atoms with E-state index in [-0.39, 0.29) is 37.4 Å². The molecular weight excluding hydrogens is 339 g/mol. The van der Waals surface area contributed by atoms with Gasteiger partial charge in [0.05, 0.1) is 24.6 Å². The van der Waals surface area contributed by atoms with E-state index in [0.29, 0.717) is 18.5 Å². The Bertz CT molecular complexity index is 687. The second-order valence-corrected chi connectivity index (χ2v) is 6.08. The fourth-order valence-corrected chi connectivity index (χ4v) is 3.08. The van der Waals surface area contributed by atoms with E-state index in [0.717, 1.165) is 17.0 Å². The van der Waals surface area contributed by atoms with Crippen LogP contribution >= 0.6 is 0 Å².